The summed E-state index contributed by atoms with van der Waals surface area (Å²) in [7, 11) is 0. The maximum atomic E-state index is 14.6. The van der Waals surface area contributed by atoms with Crippen LogP contribution in [0.4, 0.5) is 27.6 Å². The van der Waals surface area contributed by atoms with E-state index in [1.165, 1.54) is 12.3 Å². The summed E-state index contributed by atoms with van der Waals surface area (Å²) in [6, 6.07) is 6.62. The second kappa shape index (κ2) is 10.2. The van der Waals surface area contributed by atoms with E-state index in [2.05, 4.69) is 20.6 Å². The molecular formula is C27H25F5N6O2. The Bertz CT molecular complexity index is 1540. The lowest BCUT2D eigenvalue weighted by Gasteiger charge is -2.28. The van der Waals surface area contributed by atoms with E-state index in [1.54, 1.807) is 10.7 Å². The Morgan fingerprint density at radius 1 is 1.02 bits per heavy atom. The minimum absolute atomic E-state index is 0.0365. The summed E-state index contributed by atoms with van der Waals surface area (Å²) in [5.74, 6) is -2.96. The first-order chi connectivity index (χ1) is 19.2. The largest absolute Gasteiger partial charge is 0.470 e. The molecule has 8 nitrogen and oxygen atoms in total. The van der Waals surface area contributed by atoms with Crippen LogP contribution in [0.15, 0.2) is 47.1 Å². The Morgan fingerprint density at radius 3 is 2.58 bits per heavy atom. The van der Waals surface area contributed by atoms with Crippen molar-refractivity contribution in [1.82, 2.24) is 25.1 Å². The lowest BCUT2D eigenvalue weighted by molar-refractivity contribution is -0.157. The molecule has 1 aliphatic carbocycles. The number of anilines is 1. The highest BCUT2D eigenvalue weighted by Crippen LogP contribution is 2.38. The van der Waals surface area contributed by atoms with E-state index in [9.17, 15) is 26.7 Å². The average molecular weight is 561 g/mol. The van der Waals surface area contributed by atoms with Gasteiger partial charge in [-0.05, 0) is 68.9 Å². The highest BCUT2D eigenvalue weighted by Gasteiger charge is 2.39. The van der Waals surface area contributed by atoms with E-state index in [0.717, 1.165) is 24.2 Å². The molecule has 13 heteroatoms. The minimum Gasteiger partial charge on any atom is -0.417 e. The second-order valence-electron chi connectivity index (χ2n) is 10.3. The molecule has 0 spiro atoms. The number of hydrogen-bond acceptors (Lipinski definition) is 6. The average Bonchev–Trinajstić information content (AvgIpc) is 3.69. The number of nitrogens with one attached hydrogen (secondary N) is 1. The van der Waals surface area contributed by atoms with Gasteiger partial charge in [0.2, 0.25) is 5.89 Å². The third-order valence-electron chi connectivity index (χ3n) is 7.75. The summed E-state index contributed by atoms with van der Waals surface area (Å²) in [4.78, 5) is 15.2. The van der Waals surface area contributed by atoms with Crippen molar-refractivity contribution >= 4 is 17.1 Å². The van der Waals surface area contributed by atoms with Crippen molar-refractivity contribution in [2.24, 2.45) is 0 Å². The number of halogens is 5. The summed E-state index contributed by atoms with van der Waals surface area (Å²) in [6.07, 6.45) is 2.07. The van der Waals surface area contributed by atoms with Crippen LogP contribution in [-0.4, -0.2) is 38.3 Å². The van der Waals surface area contributed by atoms with Crippen LogP contribution < -0.4 is 10.2 Å². The summed E-state index contributed by atoms with van der Waals surface area (Å²) in [5.41, 5.74) is 2.00. The standard InChI is InChI=1S/C27H25F5N6O2/c28-16-5-8-21(29)19(12-16)22-2-1-10-37(22)18-9-11-38-23(13-18)20(14-33-38)24(39)34-17-6-3-15(4-7-17)25-35-36-26(40-25)27(30,31)32/h5,8-9,11-15,17,22H,1-4,6-7,10H2,(H,34,39)/t15?,17?,22-/m1/s1. The summed E-state index contributed by atoms with van der Waals surface area (Å²) < 4.78 is 73.2. The molecule has 1 aromatic carbocycles. The SMILES string of the molecule is O=C(NC1CCC(c2nnc(C(F)(F)F)o2)CC1)c1cnn2ccc(N3CCC[C@@H]3c3cc(F)ccc3F)cc12. The Kier molecular flexibility index (Phi) is 6.67. The number of fused-ring (bicyclic) bond motifs is 1. The number of amides is 1. The van der Waals surface area contributed by atoms with Gasteiger partial charge in [0.25, 0.3) is 5.91 Å². The first-order valence-electron chi connectivity index (χ1n) is 13.1. The van der Waals surface area contributed by atoms with Gasteiger partial charge in [0.05, 0.1) is 23.3 Å². The summed E-state index contributed by atoms with van der Waals surface area (Å²) >= 11 is 0. The number of carbonyl (C=O) groups excluding carboxylic acids is 1. The lowest BCUT2D eigenvalue weighted by atomic mass is 9.86. The molecule has 3 aromatic heterocycles. The van der Waals surface area contributed by atoms with Crippen molar-refractivity contribution in [2.45, 2.75) is 62.7 Å². The quantitative estimate of drug-likeness (QED) is 0.310. The normalized spacial score (nSPS) is 21.7. The molecule has 4 aromatic rings. The third kappa shape index (κ3) is 5.00. The predicted molar refractivity (Wildman–Crippen MR) is 133 cm³/mol. The van der Waals surface area contributed by atoms with Gasteiger partial charge in [-0.25, -0.2) is 13.3 Å². The van der Waals surface area contributed by atoms with Crippen molar-refractivity contribution in [3.05, 3.63) is 77.3 Å². The van der Waals surface area contributed by atoms with Gasteiger partial charge in [0.15, 0.2) is 0 Å². The van der Waals surface area contributed by atoms with Gasteiger partial charge in [-0.3, -0.25) is 4.79 Å². The Morgan fingerprint density at radius 2 is 1.82 bits per heavy atom. The smallest absolute Gasteiger partial charge is 0.417 e. The number of alkyl halides is 3. The fourth-order valence-electron chi connectivity index (χ4n) is 5.75. The van der Waals surface area contributed by atoms with Crippen LogP contribution in [-0.2, 0) is 6.18 Å². The molecule has 0 radical (unpaired) electrons. The highest BCUT2D eigenvalue weighted by atomic mass is 19.4. The van der Waals surface area contributed by atoms with Gasteiger partial charge in [0.1, 0.15) is 11.6 Å². The van der Waals surface area contributed by atoms with Crippen molar-refractivity contribution in [1.29, 1.82) is 0 Å². The monoisotopic (exact) mass is 560 g/mol. The zero-order valence-electron chi connectivity index (χ0n) is 21.2. The molecule has 2 fully saturated rings. The second-order valence-corrected chi connectivity index (χ2v) is 10.3. The first kappa shape index (κ1) is 26.2. The molecule has 1 amide bonds. The highest BCUT2D eigenvalue weighted by molar-refractivity contribution is 6.01. The number of hydrogen-bond donors (Lipinski definition) is 1. The van der Waals surface area contributed by atoms with Crippen LogP contribution in [0.5, 0.6) is 0 Å². The fourth-order valence-corrected chi connectivity index (χ4v) is 5.75. The van der Waals surface area contributed by atoms with Gasteiger partial charge in [-0.2, -0.15) is 18.3 Å². The van der Waals surface area contributed by atoms with E-state index in [1.807, 2.05) is 17.0 Å². The minimum atomic E-state index is -4.68. The van der Waals surface area contributed by atoms with Gasteiger partial charge in [-0.15, -0.1) is 10.2 Å². The number of benzene rings is 1. The molecule has 2 aliphatic rings. The lowest BCUT2D eigenvalue weighted by Crippen LogP contribution is -2.37. The van der Waals surface area contributed by atoms with Crippen LogP contribution in [0.1, 0.15) is 78.2 Å². The topological polar surface area (TPSA) is 88.6 Å². The maximum absolute atomic E-state index is 14.6. The zero-order valence-corrected chi connectivity index (χ0v) is 21.2. The predicted octanol–water partition coefficient (Wildman–Crippen LogP) is 5.81. The van der Waals surface area contributed by atoms with Crippen LogP contribution in [0.3, 0.4) is 0 Å². The van der Waals surface area contributed by atoms with E-state index in [4.69, 9.17) is 4.42 Å². The van der Waals surface area contributed by atoms with Gasteiger partial charge >= 0.3 is 12.1 Å². The molecule has 40 heavy (non-hydrogen) atoms. The molecule has 6 rings (SSSR count). The van der Waals surface area contributed by atoms with E-state index in [0.29, 0.717) is 55.3 Å². The number of pyridine rings is 1. The molecule has 1 atom stereocenters. The van der Waals surface area contributed by atoms with Crippen LogP contribution in [0, 0.1) is 11.6 Å². The van der Waals surface area contributed by atoms with E-state index < -0.39 is 23.7 Å². The third-order valence-corrected chi connectivity index (χ3v) is 7.75. The molecule has 0 unspecified atom stereocenters. The van der Waals surface area contributed by atoms with Crippen molar-refractivity contribution in [3.8, 4) is 0 Å². The van der Waals surface area contributed by atoms with Gasteiger partial charge in [-0.1, -0.05) is 0 Å². The van der Waals surface area contributed by atoms with E-state index >= 15 is 0 Å². The Balaban J connectivity index is 1.15. The molecule has 1 saturated carbocycles. The number of aromatic nitrogens is 4. The molecule has 1 N–H and O–H groups in total. The van der Waals surface area contributed by atoms with Crippen LogP contribution >= 0.6 is 0 Å². The summed E-state index contributed by atoms with van der Waals surface area (Å²) in [5, 5.41) is 14.0. The molecule has 0 bridgehead atoms. The van der Waals surface area contributed by atoms with Crippen LogP contribution in [0.25, 0.3) is 5.52 Å². The molecule has 1 aliphatic heterocycles. The first-order valence-corrected chi connectivity index (χ1v) is 13.1. The van der Waals surface area contributed by atoms with Crippen molar-refractivity contribution < 1.29 is 31.2 Å². The molecular weight excluding hydrogens is 535 g/mol. The van der Waals surface area contributed by atoms with Gasteiger partial charge < -0.3 is 14.6 Å². The molecule has 4 heterocycles. The maximum Gasteiger partial charge on any atom is 0.470 e. The Hall–Kier alpha value is -4.03. The molecule has 1 saturated heterocycles. The number of carbonyl (C=O) groups is 1. The van der Waals surface area contributed by atoms with Crippen molar-refractivity contribution in [2.75, 3.05) is 11.4 Å². The summed E-state index contributed by atoms with van der Waals surface area (Å²) in [6.45, 7) is 0.653. The number of rotatable bonds is 5. The number of nitrogens with zero attached hydrogens (tertiary/aromatic N) is 5. The zero-order chi connectivity index (χ0) is 28.0. The molecule has 210 valence electrons. The van der Waals surface area contributed by atoms with Crippen LogP contribution in [0.2, 0.25) is 0 Å². The Labute approximate surface area is 225 Å². The fraction of sp³-hybridized carbons (Fsp3) is 0.407. The van der Waals surface area contributed by atoms with Crippen molar-refractivity contribution in [3.63, 3.8) is 0 Å². The van der Waals surface area contributed by atoms with Gasteiger partial charge in [0, 0.05) is 36.0 Å². The van der Waals surface area contributed by atoms with E-state index in [-0.39, 0.29) is 29.8 Å².